The Morgan fingerprint density at radius 3 is 2.74 bits per heavy atom. The molecule has 19 heavy (non-hydrogen) atoms. The van der Waals surface area contributed by atoms with Gasteiger partial charge in [-0.3, -0.25) is 0 Å². The Kier molecular flexibility index (Phi) is 3.75. The van der Waals surface area contributed by atoms with Gasteiger partial charge in [0.25, 0.3) is 0 Å². The molecule has 3 nitrogen and oxygen atoms in total. The van der Waals surface area contributed by atoms with Crippen molar-refractivity contribution in [3.63, 3.8) is 0 Å². The number of aromatic nitrogens is 1. The van der Waals surface area contributed by atoms with Gasteiger partial charge < -0.3 is 10.1 Å². The Labute approximate surface area is 113 Å². The van der Waals surface area contributed by atoms with Crippen LogP contribution >= 0.6 is 0 Å². The van der Waals surface area contributed by atoms with Crippen LogP contribution in [-0.2, 0) is 6.61 Å². The number of nitrogens with one attached hydrogen (secondary N) is 1. The van der Waals surface area contributed by atoms with E-state index in [4.69, 9.17) is 4.74 Å². The highest BCUT2D eigenvalue weighted by atomic mass is 16.5. The van der Waals surface area contributed by atoms with Crippen molar-refractivity contribution >= 4 is 0 Å². The van der Waals surface area contributed by atoms with Crippen LogP contribution in [0.15, 0.2) is 48.7 Å². The third kappa shape index (κ3) is 3.12. The van der Waals surface area contributed by atoms with E-state index in [1.807, 2.05) is 30.5 Å². The maximum Gasteiger partial charge on any atom is 0.213 e. The molecule has 0 spiro atoms. The van der Waals surface area contributed by atoms with Crippen molar-refractivity contribution in [1.29, 1.82) is 0 Å². The van der Waals surface area contributed by atoms with Gasteiger partial charge in [0.2, 0.25) is 5.88 Å². The molecule has 2 aromatic rings. The van der Waals surface area contributed by atoms with Gasteiger partial charge in [-0.05, 0) is 30.5 Å². The van der Waals surface area contributed by atoms with E-state index >= 15 is 0 Å². The molecule has 1 aliphatic rings. The van der Waals surface area contributed by atoms with Crippen LogP contribution in [0.3, 0.4) is 0 Å². The van der Waals surface area contributed by atoms with E-state index in [-0.39, 0.29) is 0 Å². The average molecular weight is 254 g/mol. The van der Waals surface area contributed by atoms with Crippen molar-refractivity contribution in [2.45, 2.75) is 25.5 Å². The Morgan fingerprint density at radius 1 is 1.16 bits per heavy atom. The summed E-state index contributed by atoms with van der Waals surface area (Å²) in [7, 11) is 0. The van der Waals surface area contributed by atoms with Crippen LogP contribution in [0.25, 0.3) is 0 Å². The molecule has 0 amide bonds. The molecule has 1 N–H and O–H groups in total. The number of benzene rings is 1. The van der Waals surface area contributed by atoms with Crippen LogP contribution < -0.4 is 10.1 Å². The van der Waals surface area contributed by atoms with Crippen molar-refractivity contribution in [2.75, 3.05) is 6.54 Å². The van der Waals surface area contributed by atoms with Gasteiger partial charge >= 0.3 is 0 Å². The van der Waals surface area contributed by atoms with Crippen molar-refractivity contribution in [3.8, 4) is 5.88 Å². The van der Waals surface area contributed by atoms with Gasteiger partial charge in [0, 0.05) is 18.3 Å². The zero-order valence-electron chi connectivity index (χ0n) is 10.9. The number of pyridine rings is 1. The maximum atomic E-state index is 5.68. The van der Waals surface area contributed by atoms with Gasteiger partial charge in [0.15, 0.2) is 0 Å². The van der Waals surface area contributed by atoms with Crippen molar-refractivity contribution in [2.24, 2.45) is 0 Å². The zero-order chi connectivity index (χ0) is 12.9. The summed E-state index contributed by atoms with van der Waals surface area (Å²) in [6.45, 7) is 1.67. The van der Waals surface area contributed by atoms with E-state index in [1.54, 1.807) is 0 Å². The third-order valence-electron chi connectivity index (χ3n) is 3.45. The fourth-order valence-electron chi connectivity index (χ4n) is 2.38. The summed E-state index contributed by atoms with van der Waals surface area (Å²) in [6.07, 6.45) is 4.37. The molecule has 0 bridgehead atoms. The van der Waals surface area contributed by atoms with E-state index in [9.17, 15) is 0 Å². The summed E-state index contributed by atoms with van der Waals surface area (Å²) in [5.41, 5.74) is 2.41. The summed E-state index contributed by atoms with van der Waals surface area (Å²) in [6, 6.07) is 14.7. The first kappa shape index (κ1) is 12.2. The molecular formula is C16H18N2O. The summed E-state index contributed by atoms with van der Waals surface area (Å²) in [5.74, 6) is 0.686. The first-order valence-corrected chi connectivity index (χ1v) is 6.78. The van der Waals surface area contributed by atoms with E-state index in [2.05, 4.69) is 28.5 Å². The Balaban J connectivity index is 1.60. The molecule has 1 aliphatic heterocycles. The zero-order valence-corrected chi connectivity index (χ0v) is 10.9. The van der Waals surface area contributed by atoms with E-state index < -0.39 is 0 Å². The smallest absolute Gasteiger partial charge is 0.213 e. The molecule has 1 aromatic carbocycles. The average Bonchev–Trinajstić information content (AvgIpc) is 3.01. The molecule has 3 heteroatoms. The summed E-state index contributed by atoms with van der Waals surface area (Å²) in [5, 5.41) is 3.47. The van der Waals surface area contributed by atoms with E-state index in [0.29, 0.717) is 18.5 Å². The van der Waals surface area contributed by atoms with Crippen molar-refractivity contribution < 1.29 is 4.74 Å². The topological polar surface area (TPSA) is 34.1 Å². The lowest BCUT2D eigenvalue weighted by Gasteiger charge is -2.11. The lowest BCUT2D eigenvalue weighted by atomic mass is 10.1. The fourth-order valence-corrected chi connectivity index (χ4v) is 2.38. The van der Waals surface area contributed by atoms with Gasteiger partial charge in [0.1, 0.15) is 6.61 Å². The predicted molar refractivity (Wildman–Crippen MR) is 75.0 cm³/mol. The van der Waals surface area contributed by atoms with E-state index in [1.165, 1.54) is 18.4 Å². The second-order valence-corrected chi connectivity index (χ2v) is 4.85. The maximum absolute atomic E-state index is 5.68. The molecule has 0 aliphatic carbocycles. The quantitative estimate of drug-likeness (QED) is 0.910. The standard InChI is InChI=1S/C16H18N2O/c1-2-5-13(6-3-1)12-19-16-9-8-14(11-18-16)15-7-4-10-17-15/h1-3,5-6,8-9,11,15,17H,4,7,10,12H2/t15-/m1/s1. The third-order valence-corrected chi connectivity index (χ3v) is 3.45. The summed E-state index contributed by atoms with van der Waals surface area (Å²) >= 11 is 0. The molecule has 0 unspecified atom stereocenters. The number of nitrogens with zero attached hydrogens (tertiary/aromatic N) is 1. The molecule has 2 heterocycles. The molecular weight excluding hydrogens is 236 g/mol. The molecule has 0 radical (unpaired) electrons. The molecule has 0 saturated carbocycles. The normalized spacial score (nSPS) is 18.4. The minimum Gasteiger partial charge on any atom is -0.473 e. The van der Waals surface area contributed by atoms with Gasteiger partial charge in [-0.15, -0.1) is 0 Å². The molecule has 3 rings (SSSR count). The predicted octanol–water partition coefficient (Wildman–Crippen LogP) is 3.09. The lowest BCUT2D eigenvalue weighted by molar-refractivity contribution is 0.293. The molecule has 98 valence electrons. The fraction of sp³-hybridized carbons (Fsp3) is 0.312. The van der Waals surface area contributed by atoms with Crippen molar-refractivity contribution in [1.82, 2.24) is 10.3 Å². The lowest BCUT2D eigenvalue weighted by Crippen LogP contribution is -2.12. The van der Waals surface area contributed by atoms with Gasteiger partial charge in [0.05, 0.1) is 0 Å². The highest BCUT2D eigenvalue weighted by Gasteiger charge is 2.16. The van der Waals surface area contributed by atoms with Gasteiger partial charge in [-0.25, -0.2) is 4.98 Å². The first-order valence-electron chi connectivity index (χ1n) is 6.78. The highest BCUT2D eigenvalue weighted by molar-refractivity contribution is 5.22. The minimum atomic E-state index is 0.468. The summed E-state index contributed by atoms with van der Waals surface area (Å²) in [4.78, 5) is 4.38. The highest BCUT2D eigenvalue weighted by Crippen LogP contribution is 2.23. The van der Waals surface area contributed by atoms with Crippen LogP contribution in [0.1, 0.15) is 30.0 Å². The summed E-state index contributed by atoms with van der Waals surface area (Å²) < 4.78 is 5.68. The van der Waals surface area contributed by atoms with Crippen LogP contribution in [-0.4, -0.2) is 11.5 Å². The largest absolute Gasteiger partial charge is 0.473 e. The van der Waals surface area contributed by atoms with Crippen LogP contribution in [0.5, 0.6) is 5.88 Å². The SMILES string of the molecule is c1ccc(COc2ccc([C@H]3CCCN3)cn2)cc1. The van der Waals surface area contributed by atoms with Gasteiger partial charge in [-0.1, -0.05) is 36.4 Å². The number of rotatable bonds is 4. The van der Waals surface area contributed by atoms with Crippen molar-refractivity contribution in [3.05, 3.63) is 59.8 Å². The molecule has 1 atom stereocenters. The molecule has 1 aromatic heterocycles. The number of ether oxygens (including phenoxy) is 1. The monoisotopic (exact) mass is 254 g/mol. The minimum absolute atomic E-state index is 0.468. The van der Waals surface area contributed by atoms with E-state index in [0.717, 1.165) is 12.1 Å². The first-order chi connectivity index (χ1) is 9.42. The molecule has 1 saturated heterocycles. The van der Waals surface area contributed by atoms with Gasteiger partial charge in [-0.2, -0.15) is 0 Å². The molecule has 1 fully saturated rings. The van der Waals surface area contributed by atoms with Crippen LogP contribution in [0.4, 0.5) is 0 Å². The number of hydrogen-bond acceptors (Lipinski definition) is 3. The van der Waals surface area contributed by atoms with Crippen LogP contribution in [0.2, 0.25) is 0 Å². The Hall–Kier alpha value is -1.87. The Morgan fingerprint density at radius 2 is 2.05 bits per heavy atom. The second kappa shape index (κ2) is 5.85. The van der Waals surface area contributed by atoms with Crippen LogP contribution in [0, 0.1) is 0 Å². The Bertz CT molecular complexity index is 504. The second-order valence-electron chi connectivity index (χ2n) is 4.85. The number of hydrogen-bond donors (Lipinski definition) is 1.